The van der Waals surface area contributed by atoms with Crippen LogP contribution in [0.1, 0.15) is 31.2 Å². The van der Waals surface area contributed by atoms with Gasteiger partial charge in [-0.3, -0.25) is 0 Å². The van der Waals surface area contributed by atoms with Crippen molar-refractivity contribution >= 4 is 11.6 Å². The van der Waals surface area contributed by atoms with Crippen LogP contribution in [-0.4, -0.2) is 13.6 Å². The summed E-state index contributed by atoms with van der Waals surface area (Å²) < 4.78 is 13.4. The third-order valence-corrected chi connectivity index (χ3v) is 5.55. The quantitative estimate of drug-likeness (QED) is 0.878. The summed E-state index contributed by atoms with van der Waals surface area (Å²) in [5.74, 6) is 1.48. The molecule has 1 aromatic rings. The number of hydrogen-bond acceptors (Lipinski definition) is 1. The summed E-state index contributed by atoms with van der Waals surface area (Å²) in [6, 6.07) is 4.75. The van der Waals surface area contributed by atoms with E-state index < -0.39 is 0 Å². The van der Waals surface area contributed by atoms with Crippen LogP contribution in [0.5, 0.6) is 0 Å². The number of hydrogen-bond donors (Lipinski definition) is 1. The van der Waals surface area contributed by atoms with Crippen LogP contribution < -0.4 is 5.32 Å². The standard InChI is InChI=1S/C16H21ClFN/c1-19-10-16(8-11-2-3-13(16)6-11)9-12-7-14(18)4-5-15(12)17/h4-5,7,11,13,19H,2-3,6,8-10H2,1H3. The summed E-state index contributed by atoms with van der Waals surface area (Å²) in [7, 11) is 2.01. The highest BCUT2D eigenvalue weighted by Gasteiger charge is 2.50. The van der Waals surface area contributed by atoms with Crippen molar-refractivity contribution in [2.24, 2.45) is 17.3 Å². The molecular weight excluding hydrogens is 261 g/mol. The molecule has 19 heavy (non-hydrogen) atoms. The summed E-state index contributed by atoms with van der Waals surface area (Å²) in [5, 5.41) is 4.06. The van der Waals surface area contributed by atoms with Crippen LogP contribution in [0.2, 0.25) is 5.02 Å². The van der Waals surface area contributed by atoms with Gasteiger partial charge in [0, 0.05) is 11.6 Å². The first-order chi connectivity index (χ1) is 9.13. The van der Waals surface area contributed by atoms with E-state index in [9.17, 15) is 4.39 Å². The monoisotopic (exact) mass is 281 g/mol. The molecule has 1 N–H and O–H groups in total. The lowest BCUT2D eigenvalue weighted by Gasteiger charge is -2.38. The van der Waals surface area contributed by atoms with Crippen LogP contribution in [-0.2, 0) is 6.42 Å². The lowest BCUT2D eigenvalue weighted by Crippen LogP contribution is -2.39. The van der Waals surface area contributed by atoms with Crippen molar-refractivity contribution in [3.05, 3.63) is 34.6 Å². The van der Waals surface area contributed by atoms with Gasteiger partial charge < -0.3 is 5.32 Å². The second-order valence-electron chi connectivity index (χ2n) is 6.39. The maximum atomic E-state index is 13.4. The van der Waals surface area contributed by atoms with Crippen molar-refractivity contribution in [2.75, 3.05) is 13.6 Å². The van der Waals surface area contributed by atoms with Crippen molar-refractivity contribution in [2.45, 2.75) is 32.1 Å². The van der Waals surface area contributed by atoms with E-state index >= 15 is 0 Å². The Morgan fingerprint density at radius 2 is 2.26 bits per heavy atom. The maximum Gasteiger partial charge on any atom is 0.123 e. The lowest BCUT2D eigenvalue weighted by molar-refractivity contribution is 0.160. The molecule has 0 spiro atoms. The molecule has 0 radical (unpaired) electrons. The van der Waals surface area contributed by atoms with Gasteiger partial charge in [0.1, 0.15) is 5.82 Å². The first kappa shape index (κ1) is 13.4. The van der Waals surface area contributed by atoms with Gasteiger partial charge in [-0.1, -0.05) is 18.0 Å². The Bertz CT molecular complexity index is 476. The van der Waals surface area contributed by atoms with E-state index in [1.807, 2.05) is 7.05 Å². The van der Waals surface area contributed by atoms with E-state index in [4.69, 9.17) is 11.6 Å². The zero-order valence-electron chi connectivity index (χ0n) is 11.4. The second kappa shape index (κ2) is 5.06. The molecule has 1 nitrogen and oxygen atoms in total. The fourth-order valence-corrected chi connectivity index (χ4v) is 4.65. The molecule has 3 unspecified atom stereocenters. The van der Waals surface area contributed by atoms with Crippen LogP contribution in [0.15, 0.2) is 18.2 Å². The van der Waals surface area contributed by atoms with Crippen molar-refractivity contribution < 1.29 is 4.39 Å². The molecular formula is C16H21ClFN. The van der Waals surface area contributed by atoms with E-state index in [-0.39, 0.29) is 11.2 Å². The topological polar surface area (TPSA) is 12.0 Å². The average Bonchev–Trinajstić information content (AvgIpc) is 2.95. The first-order valence-electron chi connectivity index (χ1n) is 7.21. The van der Waals surface area contributed by atoms with E-state index in [0.29, 0.717) is 5.02 Å². The summed E-state index contributed by atoms with van der Waals surface area (Å²) in [6.45, 7) is 1.01. The molecule has 0 amide bonds. The number of fused-ring (bicyclic) bond motifs is 2. The zero-order valence-corrected chi connectivity index (χ0v) is 12.1. The van der Waals surface area contributed by atoms with Crippen LogP contribution >= 0.6 is 11.6 Å². The first-order valence-corrected chi connectivity index (χ1v) is 7.59. The lowest BCUT2D eigenvalue weighted by atomic mass is 9.69. The fraction of sp³-hybridized carbons (Fsp3) is 0.625. The molecule has 0 aromatic heterocycles. The number of benzene rings is 1. The molecule has 0 heterocycles. The molecule has 2 saturated carbocycles. The van der Waals surface area contributed by atoms with E-state index in [1.54, 1.807) is 12.1 Å². The molecule has 3 heteroatoms. The minimum Gasteiger partial charge on any atom is -0.319 e. The molecule has 2 aliphatic carbocycles. The third kappa shape index (κ3) is 2.41. The number of rotatable bonds is 4. The Labute approximate surface area is 119 Å². The zero-order chi connectivity index (χ0) is 13.5. The normalized spacial score (nSPS) is 33.0. The van der Waals surface area contributed by atoms with E-state index in [2.05, 4.69) is 5.32 Å². The molecule has 0 aliphatic heterocycles. The summed E-state index contributed by atoms with van der Waals surface area (Å²) in [4.78, 5) is 0. The molecule has 0 saturated heterocycles. The SMILES string of the molecule is CNCC1(Cc2cc(F)ccc2Cl)CC2CCC1C2. The molecule has 2 aliphatic rings. The highest BCUT2D eigenvalue weighted by atomic mass is 35.5. The van der Waals surface area contributed by atoms with E-state index in [0.717, 1.165) is 30.4 Å². The highest BCUT2D eigenvalue weighted by molar-refractivity contribution is 6.31. The predicted molar refractivity (Wildman–Crippen MR) is 76.9 cm³/mol. The maximum absolute atomic E-state index is 13.4. The molecule has 1 aromatic carbocycles. The van der Waals surface area contributed by atoms with Crippen molar-refractivity contribution in [1.29, 1.82) is 0 Å². The Morgan fingerprint density at radius 1 is 1.42 bits per heavy atom. The molecule has 3 atom stereocenters. The fourth-order valence-electron chi connectivity index (χ4n) is 4.46. The Kier molecular flexibility index (Phi) is 3.57. The van der Waals surface area contributed by atoms with Crippen LogP contribution in [0.25, 0.3) is 0 Å². The largest absolute Gasteiger partial charge is 0.319 e. The molecule has 3 rings (SSSR count). The minimum absolute atomic E-state index is 0.179. The van der Waals surface area contributed by atoms with Gasteiger partial charge in [0.15, 0.2) is 0 Å². The van der Waals surface area contributed by atoms with Gasteiger partial charge in [0.05, 0.1) is 0 Å². The number of nitrogens with one attached hydrogen (secondary N) is 1. The van der Waals surface area contributed by atoms with Gasteiger partial charge in [0.25, 0.3) is 0 Å². The van der Waals surface area contributed by atoms with Crippen molar-refractivity contribution in [3.8, 4) is 0 Å². The third-order valence-electron chi connectivity index (χ3n) is 5.18. The smallest absolute Gasteiger partial charge is 0.123 e. The van der Waals surface area contributed by atoms with Crippen molar-refractivity contribution in [1.82, 2.24) is 5.32 Å². The predicted octanol–water partition coefficient (Wildman–Crippen LogP) is 4.05. The minimum atomic E-state index is -0.179. The molecule has 104 valence electrons. The van der Waals surface area contributed by atoms with Crippen LogP contribution in [0.4, 0.5) is 4.39 Å². The Hall–Kier alpha value is -0.600. The van der Waals surface area contributed by atoms with Gasteiger partial charge in [-0.25, -0.2) is 4.39 Å². The summed E-state index contributed by atoms with van der Waals surface area (Å²) in [5.41, 5.74) is 1.26. The Balaban J connectivity index is 1.88. The number of halogens is 2. The van der Waals surface area contributed by atoms with Gasteiger partial charge in [-0.2, -0.15) is 0 Å². The highest BCUT2D eigenvalue weighted by Crippen LogP contribution is 2.57. The summed E-state index contributed by atoms with van der Waals surface area (Å²) in [6.07, 6.45) is 6.25. The van der Waals surface area contributed by atoms with Crippen LogP contribution in [0.3, 0.4) is 0 Å². The van der Waals surface area contributed by atoms with Gasteiger partial charge in [-0.05, 0) is 73.7 Å². The Morgan fingerprint density at radius 3 is 2.89 bits per heavy atom. The second-order valence-corrected chi connectivity index (χ2v) is 6.79. The average molecular weight is 282 g/mol. The van der Waals surface area contributed by atoms with E-state index in [1.165, 1.54) is 31.7 Å². The van der Waals surface area contributed by atoms with Gasteiger partial charge in [-0.15, -0.1) is 0 Å². The van der Waals surface area contributed by atoms with Crippen molar-refractivity contribution in [3.63, 3.8) is 0 Å². The summed E-state index contributed by atoms with van der Waals surface area (Å²) >= 11 is 6.25. The van der Waals surface area contributed by atoms with Gasteiger partial charge >= 0.3 is 0 Å². The molecule has 2 bridgehead atoms. The molecule has 2 fully saturated rings. The van der Waals surface area contributed by atoms with Gasteiger partial charge in [0.2, 0.25) is 0 Å². The van der Waals surface area contributed by atoms with Crippen LogP contribution in [0, 0.1) is 23.1 Å².